The number of rotatable bonds is 2. The Kier molecular flexibility index (Phi) is 3.75. The number of hydrogen-bond donors (Lipinski definition) is 0. The monoisotopic (exact) mass is 328 g/mol. The number of alkyl halides is 3. The van der Waals surface area contributed by atoms with Crippen molar-refractivity contribution in [2.45, 2.75) is 19.5 Å². The Hall–Kier alpha value is -0.590. The molecule has 0 radical (unpaired) electrons. The van der Waals surface area contributed by atoms with E-state index in [4.69, 9.17) is 0 Å². The van der Waals surface area contributed by atoms with Crippen LogP contribution < -0.4 is 0 Å². The van der Waals surface area contributed by atoms with Gasteiger partial charge in [-0.15, -0.1) is 0 Å². The highest BCUT2D eigenvalue weighted by molar-refractivity contribution is 14.1. The number of Topliss-reactive ketones (excluding diaryl/α,β-unsaturated/α-hetero) is 1. The van der Waals surface area contributed by atoms with Gasteiger partial charge in [-0.25, -0.2) is 0 Å². The van der Waals surface area contributed by atoms with Crippen LogP contribution in [0.5, 0.6) is 0 Å². The van der Waals surface area contributed by atoms with Crippen LogP contribution in [0.2, 0.25) is 0 Å². The van der Waals surface area contributed by atoms with Crippen molar-refractivity contribution < 1.29 is 18.0 Å². The Morgan fingerprint density at radius 2 is 2.00 bits per heavy atom. The van der Waals surface area contributed by atoms with E-state index in [9.17, 15) is 18.0 Å². The minimum atomic E-state index is -4.47. The first-order chi connectivity index (χ1) is 6.88. The van der Waals surface area contributed by atoms with Crippen LogP contribution >= 0.6 is 22.6 Å². The Bertz CT molecular complexity index is 385. The molecule has 0 aliphatic rings. The Balaban J connectivity index is 3.40. The fraction of sp³-hybridized carbons (Fsp3) is 0.300. The summed E-state index contributed by atoms with van der Waals surface area (Å²) in [7, 11) is 0. The van der Waals surface area contributed by atoms with Gasteiger partial charge in [0.05, 0.1) is 5.56 Å². The van der Waals surface area contributed by atoms with Crippen LogP contribution in [0.3, 0.4) is 0 Å². The van der Waals surface area contributed by atoms with E-state index in [-0.39, 0.29) is 15.6 Å². The lowest BCUT2D eigenvalue weighted by molar-refractivity contribution is -0.138. The molecule has 5 heteroatoms. The summed E-state index contributed by atoms with van der Waals surface area (Å²) in [6.45, 7) is 1.54. The third kappa shape index (κ3) is 2.70. The van der Waals surface area contributed by atoms with E-state index in [1.807, 2.05) is 0 Å². The van der Waals surface area contributed by atoms with Crippen molar-refractivity contribution in [2.75, 3.05) is 0 Å². The average Bonchev–Trinajstić information content (AvgIpc) is 2.14. The lowest BCUT2D eigenvalue weighted by Gasteiger charge is -2.13. The minimum Gasteiger partial charge on any atom is -0.294 e. The number of benzene rings is 1. The van der Waals surface area contributed by atoms with E-state index in [1.165, 1.54) is 18.2 Å². The largest absolute Gasteiger partial charge is 0.418 e. The fourth-order valence-corrected chi connectivity index (χ4v) is 2.04. The van der Waals surface area contributed by atoms with Crippen LogP contribution in [0.1, 0.15) is 29.3 Å². The van der Waals surface area contributed by atoms with Crippen molar-refractivity contribution in [1.29, 1.82) is 0 Å². The lowest BCUT2D eigenvalue weighted by atomic mass is 10.0. The summed E-state index contributed by atoms with van der Waals surface area (Å²) in [4.78, 5) is 11.3. The predicted octanol–water partition coefficient (Wildman–Crippen LogP) is 3.90. The van der Waals surface area contributed by atoms with Crippen LogP contribution in [0.15, 0.2) is 18.2 Å². The molecule has 1 aromatic rings. The van der Waals surface area contributed by atoms with Crippen LogP contribution in [-0.2, 0) is 6.18 Å². The molecule has 0 aliphatic heterocycles. The van der Waals surface area contributed by atoms with Crippen LogP contribution in [-0.4, -0.2) is 5.78 Å². The fourth-order valence-electron chi connectivity index (χ4n) is 1.24. The van der Waals surface area contributed by atoms with E-state index in [1.54, 1.807) is 29.5 Å². The standard InChI is InChI=1S/C10H8F3IO/c1-2-8(15)6-4-3-5-7(14)9(6)10(11,12)13/h3-5H,2H2,1H3. The molecule has 0 aliphatic carbocycles. The Morgan fingerprint density at radius 1 is 1.40 bits per heavy atom. The zero-order valence-corrected chi connectivity index (χ0v) is 10.0. The van der Waals surface area contributed by atoms with E-state index >= 15 is 0 Å². The molecule has 0 bridgehead atoms. The van der Waals surface area contributed by atoms with Gasteiger partial charge in [-0.05, 0) is 28.7 Å². The second-order valence-corrected chi connectivity index (χ2v) is 4.10. The topological polar surface area (TPSA) is 17.1 Å². The summed E-state index contributed by atoms with van der Waals surface area (Å²) < 4.78 is 38.0. The van der Waals surface area contributed by atoms with Gasteiger partial charge in [0.15, 0.2) is 5.78 Å². The molecule has 1 nitrogen and oxygen atoms in total. The number of carbonyl (C=O) groups excluding carboxylic acids is 1. The third-order valence-corrected chi connectivity index (χ3v) is 2.82. The molecule has 0 fully saturated rings. The SMILES string of the molecule is CCC(=O)c1cccc(I)c1C(F)(F)F. The van der Waals surface area contributed by atoms with E-state index < -0.39 is 17.5 Å². The first kappa shape index (κ1) is 12.5. The van der Waals surface area contributed by atoms with Crippen molar-refractivity contribution in [3.8, 4) is 0 Å². The smallest absolute Gasteiger partial charge is 0.294 e. The van der Waals surface area contributed by atoms with Gasteiger partial charge < -0.3 is 0 Å². The highest BCUT2D eigenvalue weighted by atomic mass is 127. The molecule has 82 valence electrons. The zero-order chi connectivity index (χ0) is 11.6. The van der Waals surface area contributed by atoms with Gasteiger partial charge in [-0.2, -0.15) is 13.2 Å². The van der Waals surface area contributed by atoms with Gasteiger partial charge in [0.2, 0.25) is 0 Å². The molecule has 0 amide bonds. The highest BCUT2D eigenvalue weighted by Gasteiger charge is 2.36. The summed E-state index contributed by atoms with van der Waals surface area (Å²) >= 11 is 1.59. The molecule has 1 rings (SSSR count). The van der Waals surface area contributed by atoms with Crippen molar-refractivity contribution in [1.82, 2.24) is 0 Å². The molecule has 0 spiro atoms. The molecule has 0 unspecified atom stereocenters. The van der Waals surface area contributed by atoms with Crippen molar-refractivity contribution in [3.63, 3.8) is 0 Å². The second kappa shape index (κ2) is 4.51. The molecule has 0 saturated carbocycles. The average molecular weight is 328 g/mol. The summed E-state index contributed by atoms with van der Waals surface area (Å²) in [5.41, 5.74) is -1.06. The zero-order valence-electron chi connectivity index (χ0n) is 7.86. The molecule has 0 atom stereocenters. The maximum absolute atomic E-state index is 12.6. The normalized spacial score (nSPS) is 11.5. The van der Waals surface area contributed by atoms with E-state index in [2.05, 4.69) is 0 Å². The molecule has 0 heterocycles. The Morgan fingerprint density at radius 3 is 2.47 bits per heavy atom. The first-order valence-electron chi connectivity index (χ1n) is 4.26. The van der Waals surface area contributed by atoms with E-state index in [0.29, 0.717) is 0 Å². The summed E-state index contributed by atoms with van der Waals surface area (Å²) in [5, 5.41) is 0. The molecular weight excluding hydrogens is 320 g/mol. The molecular formula is C10H8F3IO. The Labute approximate surface area is 98.8 Å². The molecule has 0 N–H and O–H groups in total. The highest BCUT2D eigenvalue weighted by Crippen LogP contribution is 2.35. The molecule has 1 aromatic carbocycles. The van der Waals surface area contributed by atoms with Gasteiger partial charge in [0.1, 0.15) is 0 Å². The van der Waals surface area contributed by atoms with Crippen LogP contribution in [0.4, 0.5) is 13.2 Å². The first-order valence-corrected chi connectivity index (χ1v) is 5.34. The predicted molar refractivity (Wildman–Crippen MR) is 58.8 cm³/mol. The number of hydrogen-bond acceptors (Lipinski definition) is 1. The van der Waals surface area contributed by atoms with Gasteiger partial charge >= 0.3 is 6.18 Å². The van der Waals surface area contributed by atoms with E-state index in [0.717, 1.165) is 0 Å². The number of carbonyl (C=O) groups is 1. The molecule has 15 heavy (non-hydrogen) atoms. The van der Waals surface area contributed by atoms with Gasteiger partial charge in [0.25, 0.3) is 0 Å². The maximum Gasteiger partial charge on any atom is 0.418 e. The third-order valence-electron chi connectivity index (χ3n) is 1.92. The molecule has 0 saturated heterocycles. The summed E-state index contributed by atoms with van der Waals surface area (Å²) in [5.74, 6) is -0.485. The second-order valence-electron chi connectivity index (χ2n) is 2.94. The van der Waals surface area contributed by atoms with Crippen molar-refractivity contribution in [3.05, 3.63) is 32.9 Å². The van der Waals surface area contributed by atoms with Crippen LogP contribution in [0.25, 0.3) is 0 Å². The maximum atomic E-state index is 12.6. The van der Waals surface area contributed by atoms with Crippen LogP contribution in [0, 0.1) is 3.57 Å². The molecule has 0 aromatic heterocycles. The van der Waals surface area contributed by atoms with Gasteiger partial charge in [0, 0.05) is 15.6 Å². The van der Waals surface area contributed by atoms with Gasteiger partial charge in [-0.1, -0.05) is 19.1 Å². The summed E-state index contributed by atoms with van der Waals surface area (Å²) in [6, 6.07) is 4.02. The van der Waals surface area contributed by atoms with Gasteiger partial charge in [-0.3, -0.25) is 4.79 Å². The van der Waals surface area contributed by atoms with Crippen molar-refractivity contribution in [2.24, 2.45) is 0 Å². The number of ketones is 1. The quantitative estimate of drug-likeness (QED) is 0.594. The van der Waals surface area contributed by atoms with Crippen molar-refractivity contribution >= 4 is 28.4 Å². The minimum absolute atomic E-state index is 0.0550. The number of halogens is 4. The summed E-state index contributed by atoms with van der Waals surface area (Å²) in [6.07, 6.45) is -4.40. The lowest BCUT2D eigenvalue weighted by Crippen LogP contribution is -2.14.